The van der Waals surface area contributed by atoms with Crippen molar-refractivity contribution in [1.29, 1.82) is 0 Å². The number of amides is 2. The van der Waals surface area contributed by atoms with E-state index in [1.165, 1.54) is 7.11 Å². The summed E-state index contributed by atoms with van der Waals surface area (Å²) in [5.41, 5.74) is 0.674. The molecule has 24 heavy (non-hydrogen) atoms. The van der Waals surface area contributed by atoms with Gasteiger partial charge in [0.25, 0.3) is 0 Å². The van der Waals surface area contributed by atoms with Crippen molar-refractivity contribution < 1.29 is 19.1 Å². The van der Waals surface area contributed by atoms with Gasteiger partial charge in [0.05, 0.1) is 31.5 Å². The van der Waals surface area contributed by atoms with E-state index < -0.39 is 5.97 Å². The summed E-state index contributed by atoms with van der Waals surface area (Å²) in [5.74, 6) is -0.845. The highest BCUT2D eigenvalue weighted by molar-refractivity contribution is 6.01. The Morgan fingerprint density at radius 1 is 1.08 bits per heavy atom. The van der Waals surface area contributed by atoms with E-state index in [0.29, 0.717) is 18.8 Å². The molecule has 0 atom stereocenters. The van der Waals surface area contributed by atoms with Gasteiger partial charge in [-0.1, -0.05) is 12.1 Å². The Hall–Kier alpha value is -2.41. The van der Waals surface area contributed by atoms with Gasteiger partial charge in [-0.15, -0.1) is 0 Å². The second-order valence-electron chi connectivity index (χ2n) is 5.32. The molecule has 132 valence electrons. The van der Waals surface area contributed by atoms with Crippen molar-refractivity contribution in [3.05, 3.63) is 29.8 Å². The molecule has 0 heterocycles. The van der Waals surface area contributed by atoms with Crippen molar-refractivity contribution in [3.8, 4) is 0 Å². The number of hydrogen-bond acceptors (Lipinski definition) is 5. The van der Waals surface area contributed by atoms with Crippen LogP contribution < -0.4 is 5.32 Å². The van der Waals surface area contributed by atoms with Gasteiger partial charge >= 0.3 is 5.97 Å². The van der Waals surface area contributed by atoms with Crippen LogP contribution in [0.2, 0.25) is 0 Å². The number of esters is 1. The summed E-state index contributed by atoms with van der Waals surface area (Å²) in [6.07, 6.45) is 0. The van der Waals surface area contributed by atoms with E-state index in [1.807, 2.05) is 13.8 Å². The summed E-state index contributed by atoms with van der Waals surface area (Å²) in [6, 6.07) is 6.62. The Morgan fingerprint density at radius 3 is 2.29 bits per heavy atom. The molecule has 0 saturated carbocycles. The predicted octanol–water partition coefficient (Wildman–Crippen LogP) is 1.21. The maximum Gasteiger partial charge on any atom is 0.339 e. The monoisotopic (exact) mass is 335 g/mol. The van der Waals surface area contributed by atoms with Crippen LogP contribution in [0.3, 0.4) is 0 Å². The topological polar surface area (TPSA) is 79.0 Å². The van der Waals surface area contributed by atoms with Crippen molar-refractivity contribution in [2.75, 3.05) is 45.7 Å². The standard InChI is InChI=1S/C17H25N3O4/c1-5-20(6-2)16(22)12-19(3)11-15(21)18-14-10-8-7-9-13(14)17(23)24-4/h7-10H,5-6,11-12H2,1-4H3,(H,18,21). The van der Waals surface area contributed by atoms with Crippen molar-refractivity contribution in [1.82, 2.24) is 9.80 Å². The molecule has 1 aromatic rings. The molecule has 0 aliphatic carbocycles. The Morgan fingerprint density at radius 2 is 1.71 bits per heavy atom. The number of benzene rings is 1. The van der Waals surface area contributed by atoms with Gasteiger partial charge in [-0.05, 0) is 33.0 Å². The Kier molecular flexibility index (Phi) is 7.91. The van der Waals surface area contributed by atoms with Gasteiger partial charge in [-0.2, -0.15) is 0 Å². The molecule has 1 rings (SSSR count). The number of nitrogens with one attached hydrogen (secondary N) is 1. The van der Waals surface area contributed by atoms with Gasteiger partial charge in [0.15, 0.2) is 0 Å². The summed E-state index contributed by atoms with van der Waals surface area (Å²) in [5, 5.41) is 2.68. The molecular weight excluding hydrogens is 310 g/mol. The maximum absolute atomic E-state index is 12.1. The molecule has 0 aromatic heterocycles. The molecule has 0 spiro atoms. The van der Waals surface area contributed by atoms with Crippen LogP contribution in [-0.2, 0) is 14.3 Å². The number of para-hydroxylation sites is 1. The van der Waals surface area contributed by atoms with E-state index in [0.717, 1.165) is 0 Å². The fourth-order valence-electron chi connectivity index (χ4n) is 2.28. The number of nitrogens with zero attached hydrogens (tertiary/aromatic N) is 2. The molecule has 0 aliphatic rings. The molecule has 1 aromatic carbocycles. The first-order valence-electron chi connectivity index (χ1n) is 7.86. The summed E-state index contributed by atoms with van der Waals surface area (Å²) < 4.78 is 4.69. The minimum absolute atomic E-state index is 0.0229. The van der Waals surface area contributed by atoms with Crippen molar-refractivity contribution >= 4 is 23.5 Å². The number of rotatable bonds is 8. The molecule has 0 radical (unpaired) electrons. The molecule has 7 heteroatoms. The van der Waals surface area contributed by atoms with E-state index in [2.05, 4.69) is 5.32 Å². The molecule has 1 N–H and O–H groups in total. The van der Waals surface area contributed by atoms with E-state index in [1.54, 1.807) is 41.1 Å². The van der Waals surface area contributed by atoms with E-state index >= 15 is 0 Å². The van der Waals surface area contributed by atoms with Gasteiger partial charge in [0.2, 0.25) is 11.8 Å². The Bertz CT molecular complexity index is 585. The average molecular weight is 335 g/mol. The second-order valence-corrected chi connectivity index (χ2v) is 5.32. The number of ether oxygens (including phenoxy) is 1. The summed E-state index contributed by atoms with van der Waals surface area (Å²) in [4.78, 5) is 39.2. The SMILES string of the molecule is CCN(CC)C(=O)CN(C)CC(=O)Nc1ccccc1C(=O)OC. The van der Waals surface area contributed by atoms with E-state index in [-0.39, 0.29) is 30.5 Å². The zero-order valence-corrected chi connectivity index (χ0v) is 14.7. The number of anilines is 1. The lowest BCUT2D eigenvalue weighted by Crippen LogP contribution is -2.41. The Balaban J connectivity index is 2.64. The highest BCUT2D eigenvalue weighted by Gasteiger charge is 2.17. The average Bonchev–Trinajstić information content (AvgIpc) is 2.55. The van der Waals surface area contributed by atoms with E-state index in [9.17, 15) is 14.4 Å². The van der Waals surface area contributed by atoms with Crippen LogP contribution >= 0.6 is 0 Å². The molecule has 2 amide bonds. The Labute approximate surface area is 142 Å². The zero-order valence-electron chi connectivity index (χ0n) is 14.7. The molecule has 0 unspecified atom stereocenters. The minimum atomic E-state index is -0.518. The van der Waals surface area contributed by atoms with Crippen molar-refractivity contribution in [2.24, 2.45) is 0 Å². The molecule has 7 nitrogen and oxygen atoms in total. The lowest BCUT2D eigenvalue weighted by Gasteiger charge is -2.22. The number of carbonyl (C=O) groups is 3. The lowest BCUT2D eigenvalue weighted by atomic mass is 10.2. The predicted molar refractivity (Wildman–Crippen MR) is 91.8 cm³/mol. The number of likely N-dealkylation sites (N-methyl/N-ethyl adjacent to an activating group) is 2. The molecule has 0 bridgehead atoms. The molecule has 0 aliphatic heterocycles. The number of hydrogen-bond donors (Lipinski definition) is 1. The maximum atomic E-state index is 12.1. The second kappa shape index (κ2) is 9.67. The largest absolute Gasteiger partial charge is 0.465 e. The lowest BCUT2D eigenvalue weighted by molar-refractivity contribution is -0.132. The first-order valence-corrected chi connectivity index (χ1v) is 7.86. The fourth-order valence-corrected chi connectivity index (χ4v) is 2.28. The molecular formula is C17H25N3O4. The smallest absolute Gasteiger partial charge is 0.339 e. The van der Waals surface area contributed by atoms with Crippen molar-refractivity contribution in [3.63, 3.8) is 0 Å². The zero-order chi connectivity index (χ0) is 18.1. The third-order valence-electron chi connectivity index (χ3n) is 3.54. The third-order valence-corrected chi connectivity index (χ3v) is 3.54. The highest BCUT2D eigenvalue weighted by Crippen LogP contribution is 2.15. The summed E-state index contributed by atoms with van der Waals surface area (Å²) in [7, 11) is 2.99. The van der Waals surface area contributed by atoms with Crippen LogP contribution in [0.25, 0.3) is 0 Å². The number of methoxy groups -OCH3 is 1. The van der Waals surface area contributed by atoms with Crippen molar-refractivity contribution in [2.45, 2.75) is 13.8 Å². The van der Waals surface area contributed by atoms with Crippen LogP contribution in [0.5, 0.6) is 0 Å². The van der Waals surface area contributed by atoms with Crippen LogP contribution in [0.1, 0.15) is 24.2 Å². The first kappa shape index (κ1) is 19.6. The molecule has 0 fully saturated rings. The third kappa shape index (κ3) is 5.66. The van der Waals surface area contributed by atoms with Gasteiger partial charge in [0, 0.05) is 13.1 Å². The highest BCUT2D eigenvalue weighted by atomic mass is 16.5. The summed E-state index contributed by atoms with van der Waals surface area (Å²) >= 11 is 0. The van der Waals surface area contributed by atoms with Gasteiger partial charge in [0.1, 0.15) is 0 Å². The number of carbonyl (C=O) groups excluding carboxylic acids is 3. The van der Waals surface area contributed by atoms with Gasteiger partial charge in [-0.3, -0.25) is 14.5 Å². The van der Waals surface area contributed by atoms with Crippen LogP contribution in [0.4, 0.5) is 5.69 Å². The first-order chi connectivity index (χ1) is 11.4. The quantitative estimate of drug-likeness (QED) is 0.723. The van der Waals surface area contributed by atoms with Crippen LogP contribution in [0.15, 0.2) is 24.3 Å². The van der Waals surface area contributed by atoms with Gasteiger partial charge < -0.3 is 15.0 Å². The fraction of sp³-hybridized carbons (Fsp3) is 0.471. The molecule has 0 saturated heterocycles. The van der Waals surface area contributed by atoms with Crippen LogP contribution in [0, 0.1) is 0 Å². The summed E-state index contributed by atoms with van der Waals surface area (Å²) in [6.45, 7) is 5.32. The minimum Gasteiger partial charge on any atom is -0.465 e. The van der Waals surface area contributed by atoms with Gasteiger partial charge in [-0.25, -0.2) is 4.79 Å². The van der Waals surface area contributed by atoms with E-state index in [4.69, 9.17) is 4.74 Å². The van der Waals surface area contributed by atoms with Crippen LogP contribution in [-0.4, -0.2) is 67.9 Å². The normalized spacial score (nSPS) is 10.4.